The molecule has 0 bridgehead atoms. The van der Waals surface area contributed by atoms with Gasteiger partial charge in [-0.3, -0.25) is 0 Å². The van der Waals surface area contributed by atoms with Crippen molar-refractivity contribution >= 4 is 21.1 Å². The first-order valence-electron chi connectivity index (χ1n) is 8.39. The highest BCUT2D eigenvalue weighted by Gasteiger charge is 2.29. The van der Waals surface area contributed by atoms with Crippen molar-refractivity contribution in [3.05, 3.63) is 17.2 Å². The Hall–Kier alpha value is -1.51. The molecule has 7 nitrogen and oxygen atoms in total. The molecule has 0 spiro atoms. The van der Waals surface area contributed by atoms with Gasteiger partial charge in [0, 0.05) is 12.6 Å². The zero-order valence-corrected chi connectivity index (χ0v) is 15.2. The Bertz CT molecular complexity index is 829. The minimum Gasteiger partial charge on any atom is -0.302 e. The molecule has 0 amide bonds. The average Bonchev–Trinajstić information content (AvgIpc) is 2.96. The second kappa shape index (κ2) is 6.78. The van der Waals surface area contributed by atoms with Crippen molar-refractivity contribution in [3.63, 3.8) is 0 Å². The molecule has 3 rings (SSSR count). The molecule has 132 valence electrons. The lowest BCUT2D eigenvalue weighted by atomic mass is 10.1. The molecule has 8 heteroatoms. The van der Waals surface area contributed by atoms with Crippen molar-refractivity contribution in [1.29, 1.82) is 0 Å². The third kappa shape index (κ3) is 3.31. The van der Waals surface area contributed by atoms with E-state index in [1.54, 1.807) is 6.92 Å². The molecule has 1 aliphatic rings. The second-order valence-corrected chi connectivity index (χ2v) is 8.21. The van der Waals surface area contributed by atoms with Gasteiger partial charge in [0.1, 0.15) is 10.4 Å². The lowest BCUT2D eigenvalue weighted by Gasteiger charge is -2.32. The minimum absolute atomic E-state index is 0.0779. The van der Waals surface area contributed by atoms with Crippen LogP contribution in [0.3, 0.4) is 0 Å². The molecule has 1 N–H and O–H groups in total. The predicted octanol–water partition coefficient (Wildman–Crippen LogP) is 1.99. The molecule has 1 atom stereocenters. The van der Waals surface area contributed by atoms with E-state index in [0.29, 0.717) is 16.6 Å². The van der Waals surface area contributed by atoms with Crippen LogP contribution in [0.4, 0.5) is 0 Å². The van der Waals surface area contributed by atoms with Gasteiger partial charge in [0.15, 0.2) is 5.52 Å². The number of rotatable bonds is 5. The summed E-state index contributed by atoms with van der Waals surface area (Å²) in [5.41, 5.74) is 2.32. The number of hydrogen-bond donors (Lipinski definition) is 1. The molecular weight excluding hydrogens is 328 g/mol. The molecule has 24 heavy (non-hydrogen) atoms. The Balaban J connectivity index is 1.90. The molecule has 0 radical (unpaired) electrons. The van der Waals surface area contributed by atoms with Gasteiger partial charge in [-0.2, -0.15) is 0 Å². The van der Waals surface area contributed by atoms with Crippen molar-refractivity contribution in [3.8, 4) is 0 Å². The van der Waals surface area contributed by atoms with Gasteiger partial charge in [0.2, 0.25) is 10.0 Å². The van der Waals surface area contributed by atoms with E-state index in [1.807, 2.05) is 13.0 Å². The molecule has 0 aliphatic carbocycles. The largest absolute Gasteiger partial charge is 0.302 e. The summed E-state index contributed by atoms with van der Waals surface area (Å²) in [6.45, 7) is 8.56. The van der Waals surface area contributed by atoms with Crippen LogP contribution in [0.25, 0.3) is 11.0 Å². The highest BCUT2D eigenvalue weighted by atomic mass is 32.2. The van der Waals surface area contributed by atoms with Crippen LogP contribution in [0.1, 0.15) is 37.3 Å². The van der Waals surface area contributed by atoms with E-state index in [9.17, 15) is 8.42 Å². The fourth-order valence-corrected chi connectivity index (χ4v) is 5.15. The summed E-state index contributed by atoms with van der Waals surface area (Å²) in [5.74, 6) is 0. The van der Waals surface area contributed by atoms with Gasteiger partial charge in [-0.15, -0.1) is 0 Å². The maximum Gasteiger partial charge on any atom is 0.243 e. The molecule has 1 fully saturated rings. The number of aryl methyl sites for hydroxylation is 2. The van der Waals surface area contributed by atoms with Crippen molar-refractivity contribution in [1.82, 2.24) is 19.9 Å². The third-order valence-electron chi connectivity index (χ3n) is 4.50. The monoisotopic (exact) mass is 352 g/mol. The summed E-state index contributed by atoms with van der Waals surface area (Å²) < 4.78 is 33.6. The molecular formula is C16H24N4O3S. The second-order valence-electron chi connectivity index (χ2n) is 6.56. The maximum absolute atomic E-state index is 13.0. The molecule has 1 aliphatic heterocycles. The van der Waals surface area contributed by atoms with E-state index in [-0.39, 0.29) is 10.9 Å². The Morgan fingerprint density at radius 1 is 1.29 bits per heavy atom. The summed E-state index contributed by atoms with van der Waals surface area (Å²) >= 11 is 0. The van der Waals surface area contributed by atoms with Gasteiger partial charge >= 0.3 is 0 Å². The van der Waals surface area contributed by atoms with E-state index in [2.05, 4.69) is 26.9 Å². The number of nitrogens with one attached hydrogen (secondary N) is 1. The van der Waals surface area contributed by atoms with Gasteiger partial charge < -0.3 is 4.90 Å². The highest BCUT2D eigenvalue weighted by Crippen LogP contribution is 2.27. The maximum atomic E-state index is 13.0. The minimum atomic E-state index is -3.68. The van der Waals surface area contributed by atoms with Crippen LogP contribution in [0.2, 0.25) is 0 Å². The van der Waals surface area contributed by atoms with Crippen LogP contribution < -0.4 is 4.72 Å². The van der Waals surface area contributed by atoms with Crippen LogP contribution in [0, 0.1) is 13.8 Å². The Kier molecular flexibility index (Phi) is 4.89. The number of fused-ring (bicyclic) bond motifs is 1. The summed E-state index contributed by atoms with van der Waals surface area (Å²) in [6, 6.07) is 1.73. The molecule has 1 saturated heterocycles. The predicted molar refractivity (Wildman–Crippen MR) is 91.4 cm³/mol. The fourth-order valence-electron chi connectivity index (χ4n) is 3.53. The number of likely N-dealkylation sites (tertiary alicyclic amines) is 1. The van der Waals surface area contributed by atoms with Gasteiger partial charge in [0.25, 0.3) is 0 Å². The number of aromatic nitrogens is 2. The zero-order valence-electron chi connectivity index (χ0n) is 14.4. The van der Waals surface area contributed by atoms with E-state index in [4.69, 9.17) is 4.63 Å². The first kappa shape index (κ1) is 17.3. The number of hydrogen-bond acceptors (Lipinski definition) is 6. The number of sulfonamides is 1. The van der Waals surface area contributed by atoms with Crippen molar-refractivity contribution in [2.75, 3.05) is 19.6 Å². The quantitative estimate of drug-likeness (QED) is 0.885. The highest BCUT2D eigenvalue weighted by molar-refractivity contribution is 7.89. The molecule has 2 heterocycles. The smallest absolute Gasteiger partial charge is 0.243 e. The summed E-state index contributed by atoms with van der Waals surface area (Å²) in [4.78, 5) is 2.49. The Labute approximate surface area is 142 Å². The van der Waals surface area contributed by atoms with Crippen LogP contribution in [-0.2, 0) is 10.0 Å². The fraction of sp³-hybridized carbons (Fsp3) is 0.625. The van der Waals surface area contributed by atoms with E-state index in [0.717, 1.165) is 44.5 Å². The summed E-state index contributed by atoms with van der Waals surface area (Å²) in [7, 11) is -3.68. The van der Waals surface area contributed by atoms with E-state index in [1.165, 1.54) is 0 Å². The Morgan fingerprint density at radius 2 is 2.04 bits per heavy atom. The SMILES string of the molecule is CCCN1CCC[C@H](NS(=O)(=O)c2c(C)cc(C)c3nonc23)C1. The van der Waals surface area contributed by atoms with Gasteiger partial charge in [-0.25, -0.2) is 17.8 Å². The van der Waals surface area contributed by atoms with Crippen LogP contribution >= 0.6 is 0 Å². The van der Waals surface area contributed by atoms with Gasteiger partial charge in [0.05, 0.1) is 0 Å². The van der Waals surface area contributed by atoms with E-state index < -0.39 is 10.0 Å². The Morgan fingerprint density at radius 3 is 2.79 bits per heavy atom. The van der Waals surface area contributed by atoms with Crippen LogP contribution in [0.5, 0.6) is 0 Å². The molecule has 1 aromatic carbocycles. The third-order valence-corrected chi connectivity index (χ3v) is 6.20. The summed E-state index contributed by atoms with van der Waals surface area (Å²) in [5, 5.41) is 7.66. The topological polar surface area (TPSA) is 88.3 Å². The van der Waals surface area contributed by atoms with Crippen molar-refractivity contribution in [2.24, 2.45) is 0 Å². The lowest BCUT2D eigenvalue weighted by molar-refractivity contribution is 0.202. The molecule has 0 unspecified atom stereocenters. The van der Waals surface area contributed by atoms with Crippen LogP contribution in [0.15, 0.2) is 15.6 Å². The zero-order chi connectivity index (χ0) is 17.3. The normalized spacial score (nSPS) is 19.9. The van der Waals surface area contributed by atoms with E-state index >= 15 is 0 Å². The van der Waals surface area contributed by atoms with Crippen molar-refractivity contribution < 1.29 is 13.0 Å². The number of piperidine rings is 1. The number of benzene rings is 1. The van der Waals surface area contributed by atoms with Gasteiger partial charge in [-0.05, 0) is 67.6 Å². The first-order chi connectivity index (χ1) is 11.4. The van der Waals surface area contributed by atoms with Crippen molar-refractivity contribution in [2.45, 2.75) is 51.0 Å². The first-order valence-corrected chi connectivity index (χ1v) is 9.88. The standard InChI is InChI=1S/C16H24N4O3S/c1-4-7-20-8-5-6-13(10-20)19-24(21,22)16-12(3)9-11(2)14-15(16)18-23-17-14/h9,13,19H,4-8,10H2,1-3H3/t13-/m0/s1. The lowest BCUT2D eigenvalue weighted by Crippen LogP contribution is -2.47. The van der Waals surface area contributed by atoms with Gasteiger partial charge in [-0.1, -0.05) is 13.0 Å². The summed E-state index contributed by atoms with van der Waals surface area (Å²) in [6.07, 6.45) is 2.92. The average molecular weight is 352 g/mol. The molecule has 1 aromatic heterocycles. The number of nitrogens with zero attached hydrogens (tertiary/aromatic N) is 3. The molecule has 0 saturated carbocycles. The molecule has 2 aromatic rings. The van der Waals surface area contributed by atoms with Crippen LogP contribution in [-0.4, -0.2) is 49.3 Å².